The van der Waals surface area contributed by atoms with Crippen molar-refractivity contribution >= 4 is 35.6 Å². The highest BCUT2D eigenvalue weighted by Crippen LogP contribution is 2.25. The first-order chi connectivity index (χ1) is 10.7. The molecule has 0 saturated heterocycles. The molecule has 2 nitrogen and oxygen atoms in total. The molecular formula is C18H22Cl3NO. The van der Waals surface area contributed by atoms with Gasteiger partial charge in [0.2, 0.25) is 0 Å². The fraction of sp³-hybridized carbons (Fsp3) is 0.333. The first-order valence-corrected chi connectivity index (χ1v) is 8.31. The van der Waals surface area contributed by atoms with Gasteiger partial charge in [0.25, 0.3) is 0 Å². The Balaban J connectivity index is 0.00000264. The summed E-state index contributed by atoms with van der Waals surface area (Å²) in [5.74, 6) is 0.841. The molecule has 2 aromatic rings. The second-order valence-electron chi connectivity index (χ2n) is 5.16. The van der Waals surface area contributed by atoms with E-state index in [0.29, 0.717) is 6.61 Å². The summed E-state index contributed by atoms with van der Waals surface area (Å²) in [4.78, 5) is 0. The second-order valence-corrected chi connectivity index (χ2v) is 6.01. The Morgan fingerprint density at radius 2 is 1.83 bits per heavy atom. The molecule has 2 rings (SSSR count). The Morgan fingerprint density at radius 3 is 2.57 bits per heavy atom. The van der Waals surface area contributed by atoms with Gasteiger partial charge in [-0.2, -0.15) is 0 Å². The van der Waals surface area contributed by atoms with E-state index in [1.165, 1.54) is 6.42 Å². The average Bonchev–Trinajstić information content (AvgIpc) is 2.52. The molecule has 0 bridgehead atoms. The normalized spacial score (nSPS) is 10.2. The van der Waals surface area contributed by atoms with Gasteiger partial charge in [-0.15, -0.1) is 12.4 Å². The third-order valence-corrected chi connectivity index (χ3v) is 3.99. The van der Waals surface area contributed by atoms with E-state index in [-0.39, 0.29) is 12.4 Å². The van der Waals surface area contributed by atoms with Gasteiger partial charge in [0.1, 0.15) is 12.4 Å². The summed E-state index contributed by atoms with van der Waals surface area (Å²) in [6, 6.07) is 13.4. The van der Waals surface area contributed by atoms with E-state index in [2.05, 4.69) is 12.2 Å². The van der Waals surface area contributed by atoms with Gasteiger partial charge in [-0.1, -0.05) is 54.7 Å². The summed E-state index contributed by atoms with van der Waals surface area (Å²) in [5.41, 5.74) is 2.04. The molecule has 0 aliphatic rings. The van der Waals surface area contributed by atoms with Crippen LogP contribution in [0.15, 0.2) is 42.5 Å². The number of nitrogens with one attached hydrogen (secondary N) is 1. The van der Waals surface area contributed by atoms with Crippen molar-refractivity contribution in [1.29, 1.82) is 0 Å². The van der Waals surface area contributed by atoms with Crippen LogP contribution in [-0.4, -0.2) is 6.54 Å². The maximum absolute atomic E-state index is 6.16. The lowest BCUT2D eigenvalue weighted by molar-refractivity contribution is 0.302. The monoisotopic (exact) mass is 373 g/mol. The topological polar surface area (TPSA) is 21.3 Å². The minimum Gasteiger partial charge on any atom is -0.489 e. The van der Waals surface area contributed by atoms with Crippen LogP contribution in [0.1, 0.15) is 30.9 Å². The number of hydrogen-bond acceptors (Lipinski definition) is 2. The molecule has 0 aromatic heterocycles. The fourth-order valence-electron chi connectivity index (χ4n) is 2.12. The lowest BCUT2D eigenvalue weighted by Gasteiger charge is -2.13. The van der Waals surface area contributed by atoms with Crippen LogP contribution in [-0.2, 0) is 13.2 Å². The van der Waals surface area contributed by atoms with E-state index in [1.807, 2.05) is 42.5 Å². The Labute approximate surface area is 154 Å². The molecule has 23 heavy (non-hydrogen) atoms. The molecule has 0 atom stereocenters. The summed E-state index contributed by atoms with van der Waals surface area (Å²) in [7, 11) is 0. The van der Waals surface area contributed by atoms with Crippen molar-refractivity contribution in [2.75, 3.05) is 6.54 Å². The van der Waals surface area contributed by atoms with Crippen molar-refractivity contribution in [2.24, 2.45) is 0 Å². The van der Waals surface area contributed by atoms with E-state index in [1.54, 1.807) is 0 Å². The number of ether oxygens (including phenoxy) is 1. The SMILES string of the molecule is CCCCNCc1cc(Cl)ccc1OCc1ccccc1Cl.Cl. The van der Waals surface area contributed by atoms with Gasteiger partial charge >= 0.3 is 0 Å². The van der Waals surface area contributed by atoms with Crippen LogP contribution < -0.4 is 10.1 Å². The number of halogens is 3. The van der Waals surface area contributed by atoms with Crippen molar-refractivity contribution < 1.29 is 4.74 Å². The lowest BCUT2D eigenvalue weighted by Crippen LogP contribution is -2.15. The fourth-order valence-corrected chi connectivity index (χ4v) is 2.51. The molecule has 2 aromatic carbocycles. The van der Waals surface area contributed by atoms with Gasteiger partial charge in [-0.3, -0.25) is 0 Å². The van der Waals surface area contributed by atoms with E-state index in [4.69, 9.17) is 27.9 Å². The summed E-state index contributed by atoms with van der Waals surface area (Å²) in [6.07, 6.45) is 2.34. The Hall–Kier alpha value is -0.930. The average molecular weight is 375 g/mol. The van der Waals surface area contributed by atoms with Crippen molar-refractivity contribution in [3.63, 3.8) is 0 Å². The molecule has 0 fully saturated rings. The molecule has 0 aliphatic carbocycles. The van der Waals surface area contributed by atoms with E-state index < -0.39 is 0 Å². The molecule has 0 unspecified atom stereocenters. The Morgan fingerprint density at radius 1 is 1.04 bits per heavy atom. The van der Waals surface area contributed by atoms with Gasteiger partial charge in [0.15, 0.2) is 0 Å². The quantitative estimate of drug-likeness (QED) is 0.582. The molecule has 0 spiro atoms. The van der Waals surface area contributed by atoms with E-state index in [9.17, 15) is 0 Å². The van der Waals surface area contributed by atoms with Crippen molar-refractivity contribution in [1.82, 2.24) is 5.32 Å². The highest BCUT2D eigenvalue weighted by molar-refractivity contribution is 6.31. The maximum Gasteiger partial charge on any atom is 0.124 e. The zero-order valence-electron chi connectivity index (χ0n) is 13.1. The van der Waals surface area contributed by atoms with Gasteiger partial charge < -0.3 is 10.1 Å². The number of unbranched alkanes of at least 4 members (excludes halogenated alkanes) is 1. The van der Waals surface area contributed by atoms with Crippen LogP contribution in [0.25, 0.3) is 0 Å². The van der Waals surface area contributed by atoms with Crippen LogP contribution in [0.4, 0.5) is 0 Å². The summed E-state index contributed by atoms with van der Waals surface area (Å²) < 4.78 is 5.93. The minimum atomic E-state index is 0. The Bertz CT molecular complexity index is 605. The lowest BCUT2D eigenvalue weighted by atomic mass is 10.2. The summed E-state index contributed by atoms with van der Waals surface area (Å²) in [5, 5.41) is 4.86. The molecule has 0 aliphatic heterocycles. The smallest absolute Gasteiger partial charge is 0.124 e. The zero-order valence-corrected chi connectivity index (χ0v) is 15.5. The highest BCUT2D eigenvalue weighted by atomic mass is 35.5. The second kappa shape index (κ2) is 10.8. The van der Waals surface area contributed by atoms with Gasteiger partial charge in [-0.05, 0) is 37.2 Å². The van der Waals surface area contributed by atoms with Crippen LogP contribution in [0.2, 0.25) is 10.0 Å². The molecule has 1 N–H and O–H groups in total. The maximum atomic E-state index is 6.16. The standard InChI is InChI=1S/C18H21Cl2NO.ClH/c1-2-3-10-21-12-15-11-16(19)8-9-18(15)22-13-14-6-4-5-7-17(14)20;/h4-9,11,21H,2-3,10,12-13H2,1H3;1H. The molecule has 5 heteroatoms. The first kappa shape index (κ1) is 20.1. The van der Waals surface area contributed by atoms with Crippen molar-refractivity contribution in [3.05, 3.63) is 63.6 Å². The van der Waals surface area contributed by atoms with Crippen molar-refractivity contribution in [3.8, 4) is 5.75 Å². The molecule has 0 amide bonds. The van der Waals surface area contributed by atoms with Crippen LogP contribution in [0.3, 0.4) is 0 Å². The highest BCUT2D eigenvalue weighted by Gasteiger charge is 2.06. The molecule has 0 saturated carbocycles. The molecule has 0 heterocycles. The van der Waals surface area contributed by atoms with Gasteiger partial charge in [-0.25, -0.2) is 0 Å². The molecule has 0 radical (unpaired) electrons. The minimum absolute atomic E-state index is 0. The summed E-state index contributed by atoms with van der Waals surface area (Å²) >= 11 is 12.3. The largest absolute Gasteiger partial charge is 0.489 e. The number of benzene rings is 2. The van der Waals surface area contributed by atoms with Crippen LogP contribution in [0.5, 0.6) is 5.75 Å². The van der Waals surface area contributed by atoms with Crippen LogP contribution in [0, 0.1) is 0 Å². The Kier molecular flexibility index (Phi) is 9.42. The predicted octanol–water partition coefficient (Wildman–Crippen LogP) is 5.88. The predicted molar refractivity (Wildman–Crippen MR) is 101 cm³/mol. The van der Waals surface area contributed by atoms with Gasteiger partial charge in [0.05, 0.1) is 0 Å². The molecular weight excluding hydrogens is 353 g/mol. The van der Waals surface area contributed by atoms with E-state index in [0.717, 1.165) is 46.4 Å². The van der Waals surface area contributed by atoms with Crippen molar-refractivity contribution in [2.45, 2.75) is 32.9 Å². The first-order valence-electron chi connectivity index (χ1n) is 7.56. The number of hydrogen-bond donors (Lipinski definition) is 1. The van der Waals surface area contributed by atoms with Gasteiger partial charge in [0, 0.05) is 27.7 Å². The third kappa shape index (κ3) is 6.60. The third-order valence-electron chi connectivity index (χ3n) is 3.39. The summed E-state index contributed by atoms with van der Waals surface area (Å²) in [6.45, 7) is 4.37. The number of rotatable bonds is 8. The zero-order chi connectivity index (χ0) is 15.8. The molecule has 126 valence electrons. The van der Waals surface area contributed by atoms with E-state index >= 15 is 0 Å². The van der Waals surface area contributed by atoms with Crippen LogP contribution >= 0.6 is 35.6 Å².